The van der Waals surface area contributed by atoms with Crippen molar-refractivity contribution in [3.05, 3.63) is 90.5 Å². The summed E-state index contributed by atoms with van der Waals surface area (Å²) in [7, 11) is 0. The molecule has 2 aliphatic heterocycles. The number of nitrogens with zero attached hydrogens (tertiary/aromatic N) is 2. The molecule has 202 valence electrons. The first-order valence-corrected chi connectivity index (χ1v) is 13.4. The van der Waals surface area contributed by atoms with Crippen molar-refractivity contribution in [1.82, 2.24) is 9.80 Å². The van der Waals surface area contributed by atoms with Gasteiger partial charge in [-0.3, -0.25) is 9.69 Å². The number of amides is 2. The molecule has 0 bridgehead atoms. The van der Waals surface area contributed by atoms with E-state index in [1.165, 1.54) is 0 Å². The summed E-state index contributed by atoms with van der Waals surface area (Å²) < 4.78 is 11.9. The maximum absolute atomic E-state index is 13.8. The molecule has 0 aromatic heterocycles. The van der Waals surface area contributed by atoms with Gasteiger partial charge in [0.1, 0.15) is 18.0 Å². The monoisotopic (exact) mass is 516 g/mol. The zero-order valence-corrected chi connectivity index (χ0v) is 23.1. The fourth-order valence-corrected chi connectivity index (χ4v) is 5.85. The quantitative estimate of drug-likeness (QED) is 0.371. The molecule has 2 aromatic rings. The standard InChI is InChI=1S/C32H40N2O4/c1-7-16-32(17-8-2)21-27-28(34(19-18-33(27)29(32)35)30(36)38-31(4,5)6)26-15-14-25(20-23(26)3)37-22-24-12-10-9-11-13-24/h7-15,20,27-28H,1-2,16-19,21-22H2,3-6H3/t27-,28-/m0/s1. The van der Waals surface area contributed by atoms with Crippen LogP contribution in [0.25, 0.3) is 0 Å². The van der Waals surface area contributed by atoms with Crippen LogP contribution in [0.2, 0.25) is 0 Å². The number of fused-ring (bicyclic) bond motifs is 1. The van der Waals surface area contributed by atoms with Crippen molar-refractivity contribution in [2.45, 2.75) is 71.2 Å². The van der Waals surface area contributed by atoms with Crippen LogP contribution >= 0.6 is 0 Å². The summed E-state index contributed by atoms with van der Waals surface area (Å²) in [4.78, 5) is 31.0. The van der Waals surface area contributed by atoms with Gasteiger partial charge in [0.25, 0.3) is 0 Å². The summed E-state index contributed by atoms with van der Waals surface area (Å²) >= 11 is 0. The number of carbonyl (C=O) groups excluding carboxylic acids is 2. The second-order valence-electron chi connectivity index (χ2n) is 11.4. The molecule has 4 rings (SSSR count). The van der Waals surface area contributed by atoms with Gasteiger partial charge in [-0.05, 0) is 75.8 Å². The number of aryl methyl sites for hydroxylation is 1. The van der Waals surface area contributed by atoms with Crippen LogP contribution in [0.15, 0.2) is 73.8 Å². The second kappa shape index (κ2) is 11.1. The lowest BCUT2D eigenvalue weighted by Crippen LogP contribution is -2.56. The predicted molar refractivity (Wildman–Crippen MR) is 150 cm³/mol. The van der Waals surface area contributed by atoms with Gasteiger partial charge in [-0.25, -0.2) is 4.79 Å². The van der Waals surface area contributed by atoms with Crippen LogP contribution in [0, 0.1) is 12.3 Å². The molecule has 2 heterocycles. The van der Waals surface area contributed by atoms with Crippen LogP contribution in [-0.4, -0.2) is 46.5 Å². The molecular weight excluding hydrogens is 476 g/mol. The number of carbonyl (C=O) groups is 2. The fraction of sp³-hybridized carbons (Fsp3) is 0.438. The topological polar surface area (TPSA) is 59.1 Å². The Balaban J connectivity index is 1.68. The molecule has 6 heteroatoms. The van der Waals surface area contributed by atoms with Crippen LogP contribution < -0.4 is 4.74 Å². The van der Waals surface area contributed by atoms with E-state index in [9.17, 15) is 9.59 Å². The van der Waals surface area contributed by atoms with E-state index in [4.69, 9.17) is 9.47 Å². The normalized spacial score (nSPS) is 20.6. The summed E-state index contributed by atoms with van der Waals surface area (Å²) in [5.41, 5.74) is 1.90. The summed E-state index contributed by atoms with van der Waals surface area (Å²) in [5, 5.41) is 0. The van der Waals surface area contributed by atoms with Crippen molar-refractivity contribution in [2.75, 3.05) is 13.1 Å². The van der Waals surface area contributed by atoms with E-state index < -0.39 is 11.0 Å². The molecule has 0 N–H and O–H groups in total. The highest BCUT2D eigenvalue weighted by Crippen LogP contribution is 2.49. The van der Waals surface area contributed by atoms with Crippen LogP contribution in [0.3, 0.4) is 0 Å². The molecule has 2 aromatic carbocycles. The lowest BCUT2D eigenvalue weighted by molar-refractivity contribution is -0.139. The van der Waals surface area contributed by atoms with Gasteiger partial charge in [-0.15, -0.1) is 13.2 Å². The third-order valence-electron chi connectivity index (χ3n) is 7.50. The highest BCUT2D eigenvalue weighted by atomic mass is 16.6. The third-order valence-corrected chi connectivity index (χ3v) is 7.50. The average Bonchev–Trinajstić information content (AvgIpc) is 3.14. The van der Waals surface area contributed by atoms with Gasteiger partial charge in [0.05, 0.1) is 17.5 Å². The maximum Gasteiger partial charge on any atom is 0.410 e. The molecule has 2 amide bonds. The van der Waals surface area contributed by atoms with Crippen molar-refractivity contribution >= 4 is 12.0 Å². The van der Waals surface area contributed by atoms with E-state index in [1.54, 1.807) is 0 Å². The van der Waals surface area contributed by atoms with Crippen LogP contribution in [0.1, 0.15) is 62.8 Å². The SMILES string of the molecule is C=CCC1(CC=C)C[C@H]2[C@H](c3ccc(OCc4ccccc4)cc3C)N(C(=O)OC(C)(C)C)CCN2C1=O. The largest absolute Gasteiger partial charge is 0.489 e. The zero-order chi connectivity index (χ0) is 27.5. The number of benzene rings is 2. The maximum atomic E-state index is 13.8. The molecule has 2 saturated heterocycles. The Bertz CT molecular complexity index is 1170. The molecule has 38 heavy (non-hydrogen) atoms. The second-order valence-corrected chi connectivity index (χ2v) is 11.4. The van der Waals surface area contributed by atoms with E-state index >= 15 is 0 Å². The summed E-state index contributed by atoms with van der Waals surface area (Å²) in [6.45, 7) is 16.9. The number of hydrogen-bond donors (Lipinski definition) is 0. The van der Waals surface area contributed by atoms with Crippen molar-refractivity contribution < 1.29 is 19.1 Å². The van der Waals surface area contributed by atoms with Gasteiger partial charge >= 0.3 is 6.09 Å². The number of rotatable bonds is 8. The number of ether oxygens (including phenoxy) is 2. The molecule has 0 saturated carbocycles. The van der Waals surface area contributed by atoms with Crippen LogP contribution in [0.5, 0.6) is 5.75 Å². The Morgan fingerprint density at radius 2 is 1.76 bits per heavy atom. The van der Waals surface area contributed by atoms with Crippen LogP contribution in [-0.2, 0) is 16.1 Å². The fourth-order valence-electron chi connectivity index (χ4n) is 5.85. The van der Waals surface area contributed by atoms with Crippen molar-refractivity contribution in [3.8, 4) is 5.75 Å². The first-order valence-electron chi connectivity index (χ1n) is 13.4. The molecule has 0 spiro atoms. The van der Waals surface area contributed by atoms with E-state index in [1.807, 2.05) is 98.2 Å². The predicted octanol–water partition coefficient (Wildman–Crippen LogP) is 6.61. The van der Waals surface area contributed by atoms with Gasteiger partial charge in [0.15, 0.2) is 0 Å². The van der Waals surface area contributed by atoms with E-state index in [0.717, 1.165) is 22.4 Å². The minimum Gasteiger partial charge on any atom is -0.489 e. The molecule has 0 aliphatic carbocycles. The minimum absolute atomic E-state index is 0.122. The Hall–Kier alpha value is -3.54. The Labute approximate surface area is 226 Å². The van der Waals surface area contributed by atoms with E-state index in [0.29, 0.717) is 39.0 Å². The van der Waals surface area contributed by atoms with Gasteiger partial charge in [0.2, 0.25) is 5.91 Å². The summed E-state index contributed by atoms with van der Waals surface area (Å²) in [5.74, 6) is 0.887. The molecule has 6 nitrogen and oxygen atoms in total. The molecular formula is C32H40N2O4. The number of piperazine rings is 1. The van der Waals surface area contributed by atoms with E-state index in [-0.39, 0.29) is 24.1 Å². The molecule has 2 aliphatic rings. The smallest absolute Gasteiger partial charge is 0.410 e. The van der Waals surface area contributed by atoms with Gasteiger partial charge in [-0.1, -0.05) is 48.6 Å². The highest BCUT2D eigenvalue weighted by Gasteiger charge is 2.56. The highest BCUT2D eigenvalue weighted by molar-refractivity contribution is 5.86. The van der Waals surface area contributed by atoms with Crippen molar-refractivity contribution in [3.63, 3.8) is 0 Å². The number of allylic oxidation sites excluding steroid dienone is 2. The lowest BCUT2D eigenvalue weighted by atomic mass is 9.76. The lowest BCUT2D eigenvalue weighted by Gasteiger charge is -2.45. The van der Waals surface area contributed by atoms with E-state index in [2.05, 4.69) is 13.2 Å². The Morgan fingerprint density at radius 3 is 2.37 bits per heavy atom. The van der Waals surface area contributed by atoms with Gasteiger partial charge < -0.3 is 14.4 Å². The van der Waals surface area contributed by atoms with Crippen molar-refractivity contribution in [1.29, 1.82) is 0 Å². The first-order chi connectivity index (χ1) is 18.1. The summed E-state index contributed by atoms with van der Waals surface area (Å²) in [6.07, 6.45) is 5.07. The zero-order valence-electron chi connectivity index (χ0n) is 23.1. The van der Waals surface area contributed by atoms with Gasteiger partial charge in [0, 0.05) is 13.1 Å². The molecule has 2 fully saturated rings. The molecule has 2 atom stereocenters. The summed E-state index contributed by atoms with van der Waals surface area (Å²) in [6, 6.07) is 15.5. The third kappa shape index (κ3) is 5.64. The van der Waals surface area contributed by atoms with Crippen molar-refractivity contribution in [2.24, 2.45) is 5.41 Å². The molecule has 0 radical (unpaired) electrons. The average molecular weight is 517 g/mol. The Kier molecular flexibility index (Phi) is 8.00. The molecule has 0 unspecified atom stereocenters. The minimum atomic E-state index is -0.621. The first kappa shape index (κ1) is 27.5. The van der Waals surface area contributed by atoms with Crippen LogP contribution in [0.4, 0.5) is 4.79 Å². The number of hydrogen-bond acceptors (Lipinski definition) is 4. The Morgan fingerprint density at radius 1 is 1.08 bits per heavy atom. The van der Waals surface area contributed by atoms with Gasteiger partial charge in [-0.2, -0.15) is 0 Å².